The highest BCUT2D eigenvalue weighted by Gasteiger charge is 2.41. The maximum Gasteiger partial charge on any atom is 0.475 e. The molecular formula is C3H6FO4P. The molecule has 0 aromatic rings. The van der Waals surface area contributed by atoms with Crippen LogP contribution >= 0.6 is 7.82 Å². The van der Waals surface area contributed by atoms with E-state index in [0.717, 1.165) is 0 Å². The van der Waals surface area contributed by atoms with Crippen molar-refractivity contribution in [1.82, 2.24) is 0 Å². The van der Waals surface area contributed by atoms with Gasteiger partial charge in [-0.25, -0.2) is 13.5 Å². The molecule has 0 amide bonds. The molecule has 0 aromatic heterocycles. The Balaban J connectivity index is 2.65. The molecule has 1 N–H and O–H groups in total. The van der Waals surface area contributed by atoms with Gasteiger partial charge in [-0.2, -0.15) is 0 Å². The van der Waals surface area contributed by atoms with Crippen LogP contribution in [0, 0.1) is 0 Å². The molecule has 0 saturated carbocycles. The smallest absolute Gasteiger partial charge is 0.302 e. The lowest BCUT2D eigenvalue weighted by molar-refractivity contribution is 0.0460. The largest absolute Gasteiger partial charge is 0.475 e. The quantitative estimate of drug-likeness (QED) is 0.527. The van der Waals surface area contributed by atoms with Gasteiger partial charge in [0.1, 0.15) is 6.10 Å². The second-order valence-electron chi connectivity index (χ2n) is 1.74. The molecule has 3 atom stereocenters. The normalized spacial score (nSPS) is 51.9. The number of phosphoric acid groups is 1. The molecule has 1 fully saturated rings. The summed E-state index contributed by atoms with van der Waals surface area (Å²) in [6, 6.07) is 0. The first kappa shape index (κ1) is 7.15. The topological polar surface area (TPSA) is 55.8 Å². The number of halogens is 1. The van der Waals surface area contributed by atoms with Crippen LogP contribution in [0.2, 0.25) is 0 Å². The SMILES string of the molecule is CC1OP(=O)(O)OC1F. The van der Waals surface area contributed by atoms with Crippen LogP contribution in [0.5, 0.6) is 0 Å². The van der Waals surface area contributed by atoms with Gasteiger partial charge in [-0.05, 0) is 6.92 Å². The maximum atomic E-state index is 12.1. The van der Waals surface area contributed by atoms with Crippen molar-refractivity contribution in [3.8, 4) is 0 Å². The summed E-state index contributed by atoms with van der Waals surface area (Å²) in [6.45, 7) is 1.32. The van der Waals surface area contributed by atoms with Gasteiger partial charge >= 0.3 is 7.82 Å². The Morgan fingerprint density at radius 2 is 2.22 bits per heavy atom. The molecular weight excluding hydrogens is 150 g/mol. The minimum Gasteiger partial charge on any atom is -0.302 e. The van der Waals surface area contributed by atoms with Crippen LogP contribution in [-0.2, 0) is 13.6 Å². The summed E-state index contributed by atoms with van der Waals surface area (Å²) in [5.41, 5.74) is 0. The van der Waals surface area contributed by atoms with E-state index in [9.17, 15) is 8.96 Å². The number of alkyl halides is 1. The second kappa shape index (κ2) is 2.02. The molecule has 1 rings (SSSR count). The highest BCUT2D eigenvalue weighted by Crippen LogP contribution is 2.52. The summed E-state index contributed by atoms with van der Waals surface area (Å²) >= 11 is 0. The lowest BCUT2D eigenvalue weighted by atomic mass is 10.4. The molecule has 0 spiro atoms. The van der Waals surface area contributed by atoms with Crippen molar-refractivity contribution in [2.45, 2.75) is 19.4 Å². The average Bonchev–Trinajstić information content (AvgIpc) is 1.79. The molecule has 1 aliphatic rings. The molecule has 54 valence electrons. The molecule has 9 heavy (non-hydrogen) atoms. The molecule has 3 unspecified atom stereocenters. The van der Waals surface area contributed by atoms with Gasteiger partial charge in [-0.15, -0.1) is 0 Å². The van der Waals surface area contributed by atoms with E-state index in [4.69, 9.17) is 4.89 Å². The Morgan fingerprint density at radius 3 is 2.33 bits per heavy atom. The predicted octanol–water partition coefficient (Wildman–Crippen LogP) is 0.818. The monoisotopic (exact) mass is 156 g/mol. The lowest BCUT2D eigenvalue weighted by Crippen LogP contribution is -2.11. The Kier molecular flexibility index (Phi) is 1.61. The minimum absolute atomic E-state index is 0.944. The van der Waals surface area contributed by atoms with Crippen LogP contribution in [0.25, 0.3) is 0 Å². The van der Waals surface area contributed by atoms with Crippen LogP contribution in [-0.4, -0.2) is 17.4 Å². The molecule has 0 aromatic carbocycles. The molecule has 4 nitrogen and oxygen atoms in total. The molecule has 1 saturated heterocycles. The van der Waals surface area contributed by atoms with Crippen LogP contribution in [0.4, 0.5) is 4.39 Å². The third-order valence-corrected chi connectivity index (χ3v) is 1.97. The van der Waals surface area contributed by atoms with Gasteiger partial charge in [-0.3, -0.25) is 4.52 Å². The molecule has 0 bridgehead atoms. The predicted molar refractivity (Wildman–Crippen MR) is 26.4 cm³/mol. The van der Waals surface area contributed by atoms with E-state index >= 15 is 0 Å². The van der Waals surface area contributed by atoms with Crippen LogP contribution < -0.4 is 0 Å². The van der Waals surface area contributed by atoms with Crippen molar-refractivity contribution in [3.63, 3.8) is 0 Å². The van der Waals surface area contributed by atoms with E-state index in [1.54, 1.807) is 0 Å². The zero-order valence-corrected chi connectivity index (χ0v) is 5.55. The Bertz CT molecular complexity index is 146. The van der Waals surface area contributed by atoms with Gasteiger partial charge < -0.3 is 4.89 Å². The van der Waals surface area contributed by atoms with Crippen LogP contribution in [0.3, 0.4) is 0 Å². The van der Waals surface area contributed by atoms with Gasteiger partial charge in [0.15, 0.2) is 0 Å². The van der Waals surface area contributed by atoms with E-state index in [1.807, 2.05) is 0 Å². The standard InChI is InChI=1S/C3H6FO4P/c1-2-3(4)8-9(5,6)7-2/h2-3H,1H3,(H,5,6). The van der Waals surface area contributed by atoms with Crippen molar-refractivity contribution in [3.05, 3.63) is 0 Å². The zero-order chi connectivity index (χ0) is 7.07. The first-order valence-electron chi connectivity index (χ1n) is 2.35. The summed E-state index contributed by atoms with van der Waals surface area (Å²) in [4.78, 5) is 8.41. The maximum absolute atomic E-state index is 12.1. The number of hydrogen-bond acceptors (Lipinski definition) is 3. The first-order valence-corrected chi connectivity index (χ1v) is 3.84. The Morgan fingerprint density at radius 1 is 1.67 bits per heavy atom. The zero-order valence-electron chi connectivity index (χ0n) is 4.65. The van der Waals surface area contributed by atoms with Crippen molar-refractivity contribution >= 4 is 7.82 Å². The molecule has 6 heteroatoms. The Hall–Kier alpha value is 0.0400. The van der Waals surface area contributed by atoms with Crippen molar-refractivity contribution in [1.29, 1.82) is 0 Å². The highest BCUT2D eigenvalue weighted by molar-refractivity contribution is 7.47. The minimum atomic E-state index is -4.03. The fraction of sp³-hybridized carbons (Fsp3) is 1.00. The highest BCUT2D eigenvalue weighted by atomic mass is 31.2. The van der Waals surface area contributed by atoms with E-state index in [-0.39, 0.29) is 0 Å². The van der Waals surface area contributed by atoms with Crippen molar-refractivity contribution in [2.75, 3.05) is 0 Å². The van der Waals surface area contributed by atoms with Crippen LogP contribution in [0.1, 0.15) is 6.92 Å². The average molecular weight is 156 g/mol. The number of rotatable bonds is 0. The summed E-state index contributed by atoms with van der Waals surface area (Å²) in [5.74, 6) is 0. The van der Waals surface area contributed by atoms with Gasteiger partial charge in [0.2, 0.25) is 6.36 Å². The summed E-state index contributed by atoms with van der Waals surface area (Å²) in [5, 5.41) is 0. The number of hydrogen-bond donors (Lipinski definition) is 1. The van der Waals surface area contributed by atoms with Crippen LogP contribution in [0.15, 0.2) is 0 Å². The van der Waals surface area contributed by atoms with E-state index in [1.165, 1.54) is 6.92 Å². The van der Waals surface area contributed by atoms with Gasteiger partial charge in [0, 0.05) is 0 Å². The van der Waals surface area contributed by atoms with Gasteiger partial charge in [0.25, 0.3) is 0 Å². The van der Waals surface area contributed by atoms with Crippen molar-refractivity contribution in [2.24, 2.45) is 0 Å². The van der Waals surface area contributed by atoms with Gasteiger partial charge in [-0.1, -0.05) is 0 Å². The third-order valence-electron chi connectivity index (χ3n) is 0.902. The van der Waals surface area contributed by atoms with E-state index in [0.29, 0.717) is 0 Å². The Labute approximate surface area is 51.2 Å². The molecule has 0 aliphatic carbocycles. The first-order chi connectivity index (χ1) is 4.01. The lowest BCUT2D eigenvalue weighted by Gasteiger charge is -1.96. The third kappa shape index (κ3) is 1.49. The summed E-state index contributed by atoms with van der Waals surface area (Å²) in [7, 11) is -4.03. The van der Waals surface area contributed by atoms with E-state index < -0.39 is 20.3 Å². The van der Waals surface area contributed by atoms with Crippen molar-refractivity contribution < 1.29 is 22.9 Å². The van der Waals surface area contributed by atoms with Gasteiger partial charge in [0.05, 0.1) is 0 Å². The summed E-state index contributed by atoms with van der Waals surface area (Å²) in [6.07, 6.45) is -2.72. The fourth-order valence-corrected chi connectivity index (χ4v) is 1.49. The molecule has 1 heterocycles. The second-order valence-corrected chi connectivity index (χ2v) is 3.09. The van der Waals surface area contributed by atoms with E-state index in [2.05, 4.69) is 9.05 Å². The number of phosphoric ester groups is 1. The fourth-order valence-electron chi connectivity index (χ4n) is 0.496. The molecule has 0 radical (unpaired) electrons. The molecule has 1 aliphatic heterocycles. The summed E-state index contributed by atoms with van der Waals surface area (Å²) < 4.78 is 30.5.